The van der Waals surface area contributed by atoms with Crippen molar-refractivity contribution in [1.82, 2.24) is 9.62 Å². The molecule has 0 unspecified atom stereocenters. The monoisotopic (exact) mass is 446 g/mol. The number of rotatable bonds is 9. The Labute approximate surface area is 184 Å². The van der Waals surface area contributed by atoms with Crippen LogP contribution in [-0.4, -0.2) is 46.0 Å². The molecule has 0 aromatic heterocycles. The first kappa shape index (κ1) is 23.1. The molecule has 0 radical (unpaired) electrons. The molecule has 2 aromatic rings. The third-order valence-corrected chi connectivity index (χ3v) is 7.12. The zero-order chi connectivity index (χ0) is 22.4. The lowest BCUT2D eigenvalue weighted by Crippen LogP contribution is -2.33. The smallest absolute Gasteiger partial charge is 0.254 e. The van der Waals surface area contributed by atoms with E-state index in [2.05, 4.69) is 4.72 Å². The highest BCUT2D eigenvalue weighted by Crippen LogP contribution is 2.28. The highest BCUT2D eigenvalue weighted by Gasteiger charge is 2.27. The van der Waals surface area contributed by atoms with Gasteiger partial charge in [0, 0.05) is 24.7 Å². The second-order valence-electron chi connectivity index (χ2n) is 7.64. The number of methoxy groups -OCH3 is 2. The number of carbonyl (C=O) groups is 1. The highest BCUT2D eigenvalue weighted by molar-refractivity contribution is 7.89. The lowest BCUT2D eigenvalue weighted by Gasteiger charge is -2.22. The summed E-state index contributed by atoms with van der Waals surface area (Å²) < 4.78 is 39.2. The van der Waals surface area contributed by atoms with Crippen molar-refractivity contribution in [2.24, 2.45) is 0 Å². The SMILES string of the molecule is CCN(Cc1ccc(OC)cc1)C(=O)c1ccc(OC)c(S(=O)(=O)NC2CCCC2)c1. The minimum absolute atomic E-state index is 0.00625. The zero-order valence-electron chi connectivity index (χ0n) is 18.3. The quantitative estimate of drug-likeness (QED) is 0.636. The molecule has 3 rings (SSSR count). The normalized spacial score (nSPS) is 14.4. The molecule has 0 atom stereocenters. The number of carbonyl (C=O) groups excluding carboxylic acids is 1. The van der Waals surface area contributed by atoms with E-state index in [1.807, 2.05) is 31.2 Å². The zero-order valence-corrected chi connectivity index (χ0v) is 19.1. The van der Waals surface area contributed by atoms with E-state index < -0.39 is 10.0 Å². The maximum atomic E-state index is 13.2. The first-order valence-electron chi connectivity index (χ1n) is 10.5. The second kappa shape index (κ2) is 10.2. The summed E-state index contributed by atoms with van der Waals surface area (Å²) in [7, 11) is -0.772. The highest BCUT2D eigenvalue weighted by atomic mass is 32.2. The van der Waals surface area contributed by atoms with Crippen molar-refractivity contribution in [2.45, 2.75) is 50.1 Å². The van der Waals surface area contributed by atoms with Gasteiger partial charge in [-0.05, 0) is 55.7 Å². The van der Waals surface area contributed by atoms with Crippen molar-refractivity contribution < 1.29 is 22.7 Å². The second-order valence-corrected chi connectivity index (χ2v) is 9.32. The summed E-state index contributed by atoms with van der Waals surface area (Å²) in [6, 6.07) is 12.0. The van der Waals surface area contributed by atoms with Crippen LogP contribution < -0.4 is 14.2 Å². The predicted molar refractivity (Wildman–Crippen MR) is 119 cm³/mol. The predicted octanol–water partition coefficient (Wildman–Crippen LogP) is 3.59. The molecule has 0 aliphatic heterocycles. The molecular formula is C23H30N2O5S. The molecule has 0 bridgehead atoms. The number of amides is 1. The lowest BCUT2D eigenvalue weighted by molar-refractivity contribution is 0.0752. The van der Waals surface area contributed by atoms with E-state index in [4.69, 9.17) is 9.47 Å². The van der Waals surface area contributed by atoms with Crippen LogP contribution in [0.4, 0.5) is 0 Å². The molecule has 1 aliphatic rings. The van der Waals surface area contributed by atoms with Gasteiger partial charge in [-0.25, -0.2) is 13.1 Å². The third kappa shape index (κ3) is 5.57. The summed E-state index contributed by atoms with van der Waals surface area (Å²) in [6.45, 7) is 2.79. The number of hydrogen-bond donors (Lipinski definition) is 1. The average molecular weight is 447 g/mol. The summed E-state index contributed by atoms with van der Waals surface area (Å²) in [4.78, 5) is 14.8. The van der Waals surface area contributed by atoms with Crippen molar-refractivity contribution in [2.75, 3.05) is 20.8 Å². The topological polar surface area (TPSA) is 84.9 Å². The van der Waals surface area contributed by atoms with Gasteiger partial charge in [0.05, 0.1) is 14.2 Å². The van der Waals surface area contributed by atoms with Crippen molar-refractivity contribution in [3.63, 3.8) is 0 Å². The summed E-state index contributed by atoms with van der Waals surface area (Å²) in [5.41, 5.74) is 1.27. The van der Waals surface area contributed by atoms with Crippen LogP contribution >= 0.6 is 0 Å². The minimum atomic E-state index is -3.80. The van der Waals surface area contributed by atoms with Gasteiger partial charge >= 0.3 is 0 Å². The molecule has 2 aromatic carbocycles. The number of benzene rings is 2. The Hall–Kier alpha value is -2.58. The van der Waals surface area contributed by atoms with Crippen molar-refractivity contribution >= 4 is 15.9 Å². The molecule has 8 heteroatoms. The molecule has 1 aliphatic carbocycles. The molecule has 168 valence electrons. The minimum Gasteiger partial charge on any atom is -0.497 e. The van der Waals surface area contributed by atoms with E-state index >= 15 is 0 Å². The fourth-order valence-corrected chi connectivity index (χ4v) is 5.31. The first-order valence-corrected chi connectivity index (χ1v) is 12.0. The summed E-state index contributed by atoms with van der Waals surface area (Å²) in [5.74, 6) is 0.733. The Balaban J connectivity index is 1.84. The molecule has 0 heterocycles. The van der Waals surface area contributed by atoms with Crippen LogP contribution in [0.3, 0.4) is 0 Å². The van der Waals surface area contributed by atoms with Crippen LogP contribution in [0.15, 0.2) is 47.4 Å². The van der Waals surface area contributed by atoms with Crippen LogP contribution in [0.1, 0.15) is 48.5 Å². The van der Waals surface area contributed by atoms with Gasteiger partial charge in [0.1, 0.15) is 16.4 Å². The molecule has 31 heavy (non-hydrogen) atoms. The Morgan fingerprint density at radius 2 is 1.74 bits per heavy atom. The molecule has 1 N–H and O–H groups in total. The van der Waals surface area contributed by atoms with Crippen LogP contribution in [0, 0.1) is 0 Å². The van der Waals surface area contributed by atoms with Crippen LogP contribution in [0.25, 0.3) is 0 Å². The van der Waals surface area contributed by atoms with Gasteiger partial charge in [-0.2, -0.15) is 0 Å². The Bertz CT molecular complexity index is 999. The van der Waals surface area contributed by atoms with E-state index in [9.17, 15) is 13.2 Å². The van der Waals surface area contributed by atoms with Crippen LogP contribution in [0.5, 0.6) is 11.5 Å². The Kier molecular flexibility index (Phi) is 7.56. The summed E-state index contributed by atoms with van der Waals surface area (Å²) >= 11 is 0. The number of nitrogens with zero attached hydrogens (tertiary/aromatic N) is 1. The van der Waals surface area contributed by atoms with E-state index in [1.165, 1.54) is 19.2 Å². The van der Waals surface area contributed by atoms with Gasteiger partial charge in [-0.15, -0.1) is 0 Å². The molecule has 0 saturated heterocycles. The fraction of sp³-hybridized carbons (Fsp3) is 0.435. The first-order chi connectivity index (χ1) is 14.9. The molecule has 1 saturated carbocycles. The van der Waals surface area contributed by atoms with E-state index in [1.54, 1.807) is 18.1 Å². The maximum absolute atomic E-state index is 13.2. The van der Waals surface area contributed by atoms with E-state index in [-0.39, 0.29) is 22.6 Å². The lowest BCUT2D eigenvalue weighted by atomic mass is 10.1. The van der Waals surface area contributed by atoms with E-state index in [0.717, 1.165) is 37.0 Å². The molecule has 0 spiro atoms. The summed E-state index contributed by atoms with van der Waals surface area (Å²) in [6.07, 6.45) is 3.68. The van der Waals surface area contributed by atoms with Gasteiger partial charge in [0.2, 0.25) is 10.0 Å². The van der Waals surface area contributed by atoms with E-state index in [0.29, 0.717) is 18.7 Å². The standard InChI is InChI=1S/C23H30N2O5S/c1-4-25(16-17-9-12-20(29-2)13-10-17)23(26)18-11-14-21(30-3)22(15-18)31(27,28)24-19-7-5-6-8-19/h9-15,19,24H,4-8,16H2,1-3H3. The molecule has 1 amide bonds. The Morgan fingerprint density at radius 3 is 2.32 bits per heavy atom. The van der Waals surface area contributed by atoms with Gasteiger partial charge in [0.15, 0.2) is 0 Å². The number of nitrogens with one attached hydrogen (secondary N) is 1. The number of sulfonamides is 1. The van der Waals surface area contributed by atoms with Crippen molar-refractivity contribution in [1.29, 1.82) is 0 Å². The number of ether oxygens (including phenoxy) is 2. The van der Waals surface area contributed by atoms with Crippen LogP contribution in [-0.2, 0) is 16.6 Å². The molecule has 1 fully saturated rings. The average Bonchev–Trinajstić information content (AvgIpc) is 3.29. The maximum Gasteiger partial charge on any atom is 0.254 e. The van der Waals surface area contributed by atoms with Crippen LogP contribution in [0.2, 0.25) is 0 Å². The van der Waals surface area contributed by atoms with Crippen molar-refractivity contribution in [3.05, 3.63) is 53.6 Å². The largest absolute Gasteiger partial charge is 0.497 e. The Morgan fingerprint density at radius 1 is 1.06 bits per heavy atom. The van der Waals surface area contributed by atoms with Crippen molar-refractivity contribution in [3.8, 4) is 11.5 Å². The fourth-order valence-electron chi connectivity index (χ4n) is 3.81. The van der Waals surface area contributed by atoms with Gasteiger partial charge in [0.25, 0.3) is 5.91 Å². The van der Waals surface area contributed by atoms with Gasteiger partial charge in [-0.1, -0.05) is 25.0 Å². The number of hydrogen-bond acceptors (Lipinski definition) is 5. The van der Waals surface area contributed by atoms with Gasteiger partial charge < -0.3 is 14.4 Å². The molecule has 7 nitrogen and oxygen atoms in total. The molecular weight excluding hydrogens is 416 g/mol. The summed E-state index contributed by atoms with van der Waals surface area (Å²) in [5, 5.41) is 0. The van der Waals surface area contributed by atoms with Gasteiger partial charge in [-0.3, -0.25) is 4.79 Å². The third-order valence-electron chi connectivity index (χ3n) is 5.58.